The summed E-state index contributed by atoms with van der Waals surface area (Å²) < 4.78 is 31.8. The van der Waals surface area contributed by atoms with Crippen LogP contribution in [0.3, 0.4) is 0 Å². The normalized spacial score (nSPS) is 20.3. The Morgan fingerprint density at radius 1 is 1.56 bits per heavy atom. The highest BCUT2D eigenvalue weighted by molar-refractivity contribution is 7.87. The van der Waals surface area contributed by atoms with Gasteiger partial charge in [0.2, 0.25) is 0 Å². The van der Waals surface area contributed by atoms with Gasteiger partial charge in [0.25, 0.3) is 10.2 Å². The standard InChI is InChI=1S/C10H21N3O4S/c1-13(7-5-10(14)17-2)18(15,16)12-8-9-4-3-6-11-9/h9,11-12H,3-8H2,1-2H3. The summed E-state index contributed by atoms with van der Waals surface area (Å²) in [5.41, 5.74) is 0. The lowest BCUT2D eigenvalue weighted by molar-refractivity contribution is -0.140. The van der Waals surface area contributed by atoms with Gasteiger partial charge in [0, 0.05) is 26.2 Å². The van der Waals surface area contributed by atoms with Crippen LogP contribution in [0, 0.1) is 0 Å². The molecule has 1 unspecified atom stereocenters. The first-order valence-corrected chi connectivity index (χ1v) is 7.41. The summed E-state index contributed by atoms with van der Waals surface area (Å²) in [5, 5.41) is 3.21. The van der Waals surface area contributed by atoms with Gasteiger partial charge in [-0.25, -0.2) is 4.72 Å². The number of hydrogen-bond acceptors (Lipinski definition) is 5. The van der Waals surface area contributed by atoms with Crippen LogP contribution in [0.1, 0.15) is 19.3 Å². The maximum absolute atomic E-state index is 11.8. The largest absolute Gasteiger partial charge is 0.469 e. The molecule has 18 heavy (non-hydrogen) atoms. The van der Waals surface area contributed by atoms with Gasteiger partial charge in [0.05, 0.1) is 13.5 Å². The summed E-state index contributed by atoms with van der Waals surface area (Å²) in [6.07, 6.45) is 2.11. The summed E-state index contributed by atoms with van der Waals surface area (Å²) in [6.45, 7) is 1.43. The molecule has 0 aromatic carbocycles. The first kappa shape index (κ1) is 15.4. The molecule has 0 aromatic rings. The number of carbonyl (C=O) groups is 1. The molecule has 1 fully saturated rings. The molecule has 0 aromatic heterocycles. The van der Waals surface area contributed by atoms with Crippen LogP contribution in [0.15, 0.2) is 0 Å². The third-order valence-corrected chi connectivity index (χ3v) is 4.48. The molecular weight excluding hydrogens is 258 g/mol. The Balaban J connectivity index is 2.34. The van der Waals surface area contributed by atoms with Gasteiger partial charge in [-0.15, -0.1) is 0 Å². The van der Waals surface area contributed by atoms with Crippen LogP contribution < -0.4 is 10.0 Å². The van der Waals surface area contributed by atoms with Crippen molar-refractivity contribution in [2.75, 3.05) is 33.8 Å². The van der Waals surface area contributed by atoms with Gasteiger partial charge in [-0.3, -0.25) is 4.79 Å². The summed E-state index contributed by atoms with van der Waals surface area (Å²) >= 11 is 0. The predicted octanol–water partition coefficient (Wildman–Crippen LogP) is -0.932. The van der Waals surface area contributed by atoms with E-state index in [1.165, 1.54) is 14.2 Å². The number of methoxy groups -OCH3 is 1. The molecule has 1 heterocycles. The Bertz CT molecular complexity index is 365. The minimum Gasteiger partial charge on any atom is -0.469 e. The van der Waals surface area contributed by atoms with Crippen molar-refractivity contribution in [2.24, 2.45) is 0 Å². The van der Waals surface area contributed by atoms with E-state index in [2.05, 4.69) is 14.8 Å². The van der Waals surface area contributed by atoms with E-state index in [0.29, 0.717) is 6.54 Å². The smallest absolute Gasteiger partial charge is 0.306 e. The van der Waals surface area contributed by atoms with Gasteiger partial charge in [0.15, 0.2) is 0 Å². The highest BCUT2D eigenvalue weighted by Gasteiger charge is 2.21. The molecule has 7 nitrogen and oxygen atoms in total. The lowest BCUT2D eigenvalue weighted by Crippen LogP contribution is -2.44. The highest BCUT2D eigenvalue weighted by Crippen LogP contribution is 2.04. The highest BCUT2D eigenvalue weighted by atomic mass is 32.2. The molecule has 1 atom stereocenters. The summed E-state index contributed by atoms with van der Waals surface area (Å²) in [6, 6.07) is 0.203. The van der Waals surface area contributed by atoms with Crippen LogP contribution in [0.25, 0.3) is 0 Å². The monoisotopic (exact) mass is 279 g/mol. The van der Waals surface area contributed by atoms with Gasteiger partial charge in [-0.2, -0.15) is 12.7 Å². The molecule has 8 heteroatoms. The first-order chi connectivity index (χ1) is 8.45. The fourth-order valence-corrected chi connectivity index (χ4v) is 2.68. The molecule has 1 aliphatic heterocycles. The van der Waals surface area contributed by atoms with Crippen LogP contribution in [0.4, 0.5) is 0 Å². The number of nitrogens with one attached hydrogen (secondary N) is 2. The Labute approximate surface area is 108 Å². The van der Waals surface area contributed by atoms with Crippen molar-refractivity contribution in [2.45, 2.75) is 25.3 Å². The zero-order valence-corrected chi connectivity index (χ0v) is 11.6. The van der Waals surface area contributed by atoms with Crippen LogP contribution in [-0.2, 0) is 19.7 Å². The number of esters is 1. The van der Waals surface area contributed by atoms with Crippen molar-refractivity contribution in [3.8, 4) is 0 Å². The molecule has 0 amide bonds. The van der Waals surface area contributed by atoms with E-state index < -0.39 is 16.2 Å². The third kappa shape index (κ3) is 4.89. The number of ether oxygens (including phenoxy) is 1. The van der Waals surface area contributed by atoms with Crippen molar-refractivity contribution in [3.05, 3.63) is 0 Å². The first-order valence-electron chi connectivity index (χ1n) is 5.97. The molecular formula is C10H21N3O4S. The Morgan fingerprint density at radius 2 is 2.28 bits per heavy atom. The lowest BCUT2D eigenvalue weighted by atomic mass is 10.2. The Kier molecular flexibility index (Phi) is 6.00. The van der Waals surface area contributed by atoms with Gasteiger partial charge in [0.1, 0.15) is 0 Å². The summed E-state index contributed by atoms with van der Waals surface area (Å²) in [5.74, 6) is -0.422. The van der Waals surface area contributed by atoms with E-state index in [-0.39, 0.29) is 19.0 Å². The second-order valence-electron chi connectivity index (χ2n) is 4.29. The van der Waals surface area contributed by atoms with E-state index in [4.69, 9.17) is 0 Å². The fraction of sp³-hybridized carbons (Fsp3) is 0.900. The van der Waals surface area contributed by atoms with Gasteiger partial charge in [-0.1, -0.05) is 0 Å². The molecule has 0 aliphatic carbocycles. The van der Waals surface area contributed by atoms with Crippen molar-refractivity contribution in [3.63, 3.8) is 0 Å². The van der Waals surface area contributed by atoms with E-state index >= 15 is 0 Å². The summed E-state index contributed by atoms with van der Waals surface area (Å²) in [7, 11) is -0.800. The van der Waals surface area contributed by atoms with E-state index in [0.717, 1.165) is 23.7 Å². The third-order valence-electron chi connectivity index (χ3n) is 2.94. The van der Waals surface area contributed by atoms with Crippen molar-refractivity contribution >= 4 is 16.2 Å². The molecule has 0 saturated carbocycles. The zero-order valence-electron chi connectivity index (χ0n) is 10.8. The van der Waals surface area contributed by atoms with E-state index in [1.807, 2.05) is 0 Å². The second-order valence-corrected chi connectivity index (χ2v) is 6.16. The fourth-order valence-electron chi connectivity index (χ4n) is 1.72. The number of carbonyl (C=O) groups excluding carboxylic acids is 1. The average molecular weight is 279 g/mol. The van der Waals surface area contributed by atoms with Crippen LogP contribution in [-0.4, -0.2) is 58.5 Å². The Morgan fingerprint density at radius 3 is 2.83 bits per heavy atom. The van der Waals surface area contributed by atoms with Crippen LogP contribution in [0.2, 0.25) is 0 Å². The quantitative estimate of drug-likeness (QED) is 0.588. The average Bonchev–Trinajstić information content (AvgIpc) is 2.86. The van der Waals surface area contributed by atoms with Gasteiger partial charge < -0.3 is 10.1 Å². The number of rotatable bonds is 7. The maximum Gasteiger partial charge on any atom is 0.306 e. The topological polar surface area (TPSA) is 87.7 Å². The molecule has 106 valence electrons. The predicted molar refractivity (Wildman–Crippen MR) is 67.2 cm³/mol. The van der Waals surface area contributed by atoms with Crippen LogP contribution in [0.5, 0.6) is 0 Å². The number of nitrogens with zero attached hydrogens (tertiary/aromatic N) is 1. The molecule has 1 saturated heterocycles. The molecule has 2 N–H and O–H groups in total. The van der Waals surface area contributed by atoms with Crippen molar-refractivity contribution in [1.82, 2.24) is 14.3 Å². The molecule has 0 radical (unpaired) electrons. The number of hydrogen-bond donors (Lipinski definition) is 2. The minimum atomic E-state index is -3.52. The molecule has 1 rings (SSSR count). The van der Waals surface area contributed by atoms with Crippen molar-refractivity contribution in [1.29, 1.82) is 0 Å². The minimum absolute atomic E-state index is 0.0512. The van der Waals surface area contributed by atoms with Gasteiger partial charge in [-0.05, 0) is 19.4 Å². The molecule has 0 bridgehead atoms. The molecule has 1 aliphatic rings. The second kappa shape index (κ2) is 7.03. The van der Waals surface area contributed by atoms with E-state index in [9.17, 15) is 13.2 Å². The van der Waals surface area contributed by atoms with Crippen LogP contribution >= 0.6 is 0 Å². The SMILES string of the molecule is COC(=O)CCN(C)S(=O)(=O)NCC1CCCN1. The van der Waals surface area contributed by atoms with Crippen molar-refractivity contribution < 1.29 is 17.9 Å². The van der Waals surface area contributed by atoms with Gasteiger partial charge >= 0.3 is 5.97 Å². The lowest BCUT2D eigenvalue weighted by Gasteiger charge is -2.19. The summed E-state index contributed by atoms with van der Waals surface area (Å²) in [4.78, 5) is 10.9. The zero-order chi connectivity index (χ0) is 13.6. The maximum atomic E-state index is 11.8. The molecule has 0 spiro atoms. The Hall–Kier alpha value is -0.700. The van der Waals surface area contributed by atoms with E-state index in [1.54, 1.807) is 0 Å².